The number of azo groups is 2. The lowest BCUT2D eigenvalue weighted by molar-refractivity contribution is -0.569. The number of fused-ring (bicyclic) bond motifs is 1. The zero-order valence-corrected chi connectivity index (χ0v) is 8.23. The van der Waals surface area contributed by atoms with E-state index in [4.69, 9.17) is 0 Å². The molecule has 0 aliphatic carbocycles. The first-order valence-corrected chi connectivity index (χ1v) is 4.50. The van der Waals surface area contributed by atoms with E-state index in [0.29, 0.717) is 0 Å². The lowest BCUT2D eigenvalue weighted by Crippen LogP contribution is -2.27. The summed E-state index contributed by atoms with van der Waals surface area (Å²) < 4.78 is 1.97. The summed E-state index contributed by atoms with van der Waals surface area (Å²) in [6, 6.07) is 0. The predicted molar refractivity (Wildman–Crippen MR) is 51.6 cm³/mol. The third-order valence-electron chi connectivity index (χ3n) is 2.20. The summed E-state index contributed by atoms with van der Waals surface area (Å²) in [6.07, 6.45) is 7.93. The molecule has 0 fully saturated rings. The Morgan fingerprint density at radius 3 is 2.85 bits per heavy atom. The number of aliphatic imine (C=N–C) groups is 1. The molecule has 2 aliphatic heterocycles. The highest BCUT2D eigenvalue weighted by Gasteiger charge is 2.37. The monoisotopic (exact) mass is 176 g/mol. The van der Waals surface area contributed by atoms with Gasteiger partial charge in [0.1, 0.15) is 0 Å². The summed E-state index contributed by atoms with van der Waals surface area (Å²) in [5.41, 5.74) is 1.35. The van der Waals surface area contributed by atoms with Crippen LogP contribution in [0.25, 0.3) is 0 Å². The van der Waals surface area contributed by atoms with E-state index >= 15 is 0 Å². The van der Waals surface area contributed by atoms with Crippen molar-refractivity contribution in [2.45, 2.75) is 26.9 Å². The van der Waals surface area contributed by atoms with E-state index in [2.05, 4.69) is 43.0 Å². The molecule has 2 heterocycles. The maximum absolute atomic E-state index is 4.23. The molecular weight excluding hydrogens is 162 g/mol. The standard InChI is InChI=1S/C10H14N3/c1-10(2,3)8-5-4-6-9-11-7-12-13(8)9/h4-7,9H,1-3H3/q+1. The zero-order valence-electron chi connectivity index (χ0n) is 8.23. The van der Waals surface area contributed by atoms with E-state index in [9.17, 15) is 0 Å². The quantitative estimate of drug-likeness (QED) is 0.507. The first kappa shape index (κ1) is 8.35. The lowest BCUT2D eigenvalue weighted by Gasteiger charge is -2.19. The maximum Gasteiger partial charge on any atom is 0.297 e. The number of hydrogen-bond donors (Lipinski definition) is 0. The van der Waals surface area contributed by atoms with E-state index in [1.165, 1.54) is 5.70 Å². The Morgan fingerprint density at radius 1 is 1.38 bits per heavy atom. The predicted octanol–water partition coefficient (Wildman–Crippen LogP) is 2.32. The number of allylic oxidation sites excluding steroid dienone is 3. The molecule has 2 rings (SSSR count). The average Bonchev–Trinajstić information content (AvgIpc) is 2.48. The normalized spacial score (nSPS) is 25.6. The van der Waals surface area contributed by atoms with Crippen molar-refractivity contribution in [3.63, 3.8) is 0 Å². The average molecular weight is 176 g/mol. The summed E-state index contributed by atoms with van der Waals surface area (Å²) in [4.78, 5) is 4.23. The lowest BCUT2D eigenvalue weighted by atomic mass is 9.90. The van der Waals surface area contributed by atoms with Crippen LogP contribution < -0.4 is 0 Å². The van der Waals surface area contributed by atoms with Crippen molar-refractivity contribution < 1.29 is 4.70 Å². The molecule has 0 saturated heterocycles. The molecule has 68 valence electrons. The van der Waals surface area contributed by atoms with Gasteiger partial charge >= 0.3 is 0 Å². The maximum atomic E-state index is 4.23. The molecule has 0 aromatic heterocycles. The molecular formula is C10H14N3+. The van der Waals surface area contributed by atoms with Gasteiger partial charge in [-0.25, -0.2) is 0 Å². The van der Waals surface area contributed by atoms with Crippen molar-refractivity contribution in [3.8, 4) is 0 Å². The molecule has 1 atom stereocenters. The Labute approximate surface area is 78.2 Å². The second-order valence-electron chi connectivity index (χ2n) is 4.33. The first-order valence-electron chi connectivity index (χ1n) is 4.50. The fourth-order valence-corrected chi connectivity index (χ4v) is 1.54. The van der Waals surface area contributed by atoms with Crippen molar-refractivity contribution in [3.05, 3.63) is 23.9 Å². The van der Waals surface area contributed by atoms with Crippen LogP contribution >= 0.6 is 0 Å². The summed E-state index contributed by atoms with van der Waals surface area (Å²) in [6.45, 7) is 6.55. The second kappa shape index (κ2) is 2.62. The van der Waals surface area contributed by atoms with Gasteiger partial charge in [0, 0.05) is 22.7 Å². The van der Waals surface area contributed by atoms with Crippen LogP contribution in [0.1, 0.15) is 20.8 Å². The van der Waals surface area contributed by atoms with Gasteiger partial charge in [-0.05, 0) is 0 Å². The number of nitrogens with zero attached hydrogens (tertiary/aromatic N) is 3. The third kappa shape index (κ3) is 1.34. The van der Waals surface area contributed by atoms with Crippen LogP contribution in [0.5, 0.6) is 0 Å². The van der Waals surface area contributed by atoms with E-state index in [1.807, 2.05) is 10.8 Å². The molecule has 0 aromatic carbocycles. The van der Waals surface area contributed by atoms with Crippen LogP contribution in [0.3, 0.4) is 0 Å². The molecule has 0 amide bonds. The molecule has 3 nitrogen and oxygen atoms in total. The summed E-state index contributed by atoms with van der Waals surface area (Å²) in [7, 11) is 0. The van der Waals surface area contributed by atoms with Crippen molar-refractivity contribution >= 4 is 6.34 Å². The van der Waals surface area contributed by atoms with E-state index in [0.717, 1.165) is 0 Å². The minimum Gasteiger partial charge on any atom is -0.193 e. The summed E-state index contributed by atoms with van der Waals surface area (Å²) in [5, 5.41) is 4.23. The molecule has 0 aromatic rings. The molecule has 13 heavy (non-hydrogen) atoms. The fraction of sp³-hybridized carbons (Fsp3) is 0.500. The van der Waals surface area contributed by atoms with Gasteiger partial charge in [-0.15, -0.1) is 0 Å². The van der Waals surface area contributed by atoms with Crippen molar-refractivity contribution in [2.24, 2.45) is 15.5 Å². The molecule has 2 aliphatic rings. The van der Waals surface area contributed by atoms with E-state index < -0.39 is 0 Å². The Balaban J connectivity index is 2.40. The van der Waals surface area contributed by atoms with E-state index in [1.54, 1.807) is 6.34 Å². The highest BCUT2D eigenvalue weighted by molar-refractivity contribution is 5.55. The SMILES string of the molecule is CC(C)(C)C1=CC=CC2N=CN=[N+]12. The third-order valence-corrected chi connectivity index (χ3v) is 2.20. The Hall–Kier alpha value is -1.25. The highest BCUT2D eigenvalue weighted by atomic mass is 15.4. The topological polar surface area (TPSA) is 27.7 Å². The molecule has 0 N–H and O–H groups in total. The second-order valence-corrected chi connectivity index (χ2v) is 4.33. The fourth-order valence-electron chi connectivity index (χ4n) is 1.54. The zero-order chi connectivity index (χ0) is 9.47. The Morgan fingerprint density at radius 2 is 2.15 bits per heavy atom. The van der Waals surface area contributed by atoms with Gasteiger partial charge in [0.05, 0.1) is 0 Å². The first-order chi connectivity index (χ1) is 6.09. The van der Waals surface area contributed by atoms with Gasteiger partial charge in [-0.3, -0.25) is 0 Å². The van der Waals surface area contributed by atoms with E-state index in [-0.39, 0.29) is 11.6 Å². The molecule has 3 heteroatoms. The van der Waals surface area contributed by atoms with Crippen LogP contribution in [0.15, 0.2) is 34.0 Å². The van der Waals surface area contributed by atoms with Gasteiger partial charge in [0.25, 0.3) is 6.17 Å². The Kier molecular flexibility index (Phi) is 1.68. The van der Waals surface area contributed by atoms with Crippen LogP contribution in [0, 0.1) is 5.41 Å². The van der Waals surface area contributed by atoms with Gasteiger partial charge in [0.2, 0.25) is 5.70 Å². The minimum atomic E-state index is 0.0965. The minimum absolute atomic E-state index is 0.0965. The van der Waals surface area contributed by atoms with Crippen LogP contribution in [0.2, 0.25) is 0 Å². The Bertz CT molecular complexity index is 340. The van der Waals surface area contributed by atoms with Crippen molar-refractivity contribution in [1.82, 2.24) is 0 Å². The summed E-state index contributed by atoms with van der Waals surface area (Å²) >= 11 is 0. The van der Waals surface area contributed by atoms with Crippen LogP contribution in [0.4, 0.5) is 0 Å². The molecule has 0 radical (unpaired) electrons. The van der Waals surface area contributed by atoms with Gasteiger partial charge < -0.3 is 0 Å². The van der Waals surface area contributed by atoms with Crippen molar-refractivity contribution in [1.29, 1.82) is 0 Å². The van der Waals surface area contributed by atoms with Gasteiger partial charge in [-0.1, -0.05) is 31.5 Å². The molecule has 1 unspecified atom stereocenters. The highest BCUT2D eigenvalue weighted by Crippen LogP contribution is 2.30. The molecule has 0 spiro atoms. The largest absolute Gasteiger partial charge is 0.297 e. The number of rotatable bonds is 0. The van der Waals surface area contributed by atoms with Crippen LogP contribution in [-0.4, -0.2) is 17.2 Å². The van der Waals surface area contributed by atoms with Gasteiger partial charge in [0.15, 0.2) is 6.34 Å². The smallest absolute Gasteiger partial charge is 0.193 e. The van der Waals surface area contributed by atoms with Crippen LogP contribution in [-0.2, 0) is 0 Å². The molecule has 0 bridgehead atoms. The number of hydrogen-bond acceptors (Lipinski definition) is 2. The van der Waals surface area contributed by atoms with Gasteiger partial charge in [-0.2, -0.15) is 4.99 Å². The molecule has 0 saturated carbocycles. The van der Waals surface area contributed by atoms with Crippen molar-refractivity contribution in [2.75, 3.05) is 0 Å². The summed E-state index contributed by atoms with van der Waals surface area (Å²) in [5.74, 6) is 0.